The molecule has 3 rings (SSSR count). The van der Waals surface area contributed by atoms with Crippen LogP contribution >= 0.6 is 0 Å². The van der Waals surface area contributed by atoms with Crippen molar-refractivity contribution in [3.63, 3.8) is 0 Å². The van der Waals surface area contributed by atoms with E-state index in [9.17, 15) is 18.0 Å². The fourth-order valence-corrected chi connectivity index (χ4v) is 3.74. The SMILES string of the molecule is O=C(O)CCCCc1ccc(OCCN2CCN(c3ccc(C(F)(F)F)cc3)CC2)cc1. The molecule has 1 fully saturated rings. The predicted molar refractivity (Wildman–Crippen MR) is 117 cm³/mol. The van der Waals surface area contributed by atoms with Gasteiger partial charge >= 0.3 is 12.1 Å². The van der Waals surface area contributed by atoms with Crippen LogP contribution in [0.2, 0.25) is 0 Å². The van der Waals surface area contributed by atoms with Crippen molar-refractivity contribution in [3.05, 3.63) is 59.7 Å². The van der Waals surface area contributed by atoms with Crippen molar-refractivity contribution >= 4 is 11.7 Å². The molecule has 0 aromatic heterocycles. The van der Waals surface area contributed by atoms with Crippen LogP contribution in [-0.4, -0.2) is 55.3 Å². The van der Waals surface area contributed by atoms with Gasteiger partial charge in [-0.05, 0) is 61.2 Å². The van der Waals surface area contributed by atoms with Crippen LogP contribution in [0.15, 0.2) is 48.5 Å². The lowest BCUT2D eigenvalue weighted by molar-refractivity contribution is -0.138. The maximum atomic E-state index is 12.7. The first-order chi connectivity index (χ1) is 15.3. The first kappa shape index (κ1) is 23.9. The smallest absolute Gasteiger partial charge is 0.416 e. The Morgan fingerprint density at radius 3 is 2.19 bits per heavy atom. The van der Waals surface area contributed by atoms with Crippen molar-refractivity contribution < 1.29 is 27.8 Å². The van der Waals surface area contributed by atoms with Gasteiger partial charge in [-0.3, -0.25) is 9.69 Å². The molecule has 8 heteroatoms. The minimum absolute atomic E-state index is 0.208. The molecule has 32 heavy (non-hydrogen) atoms. The largest absolute Gasteiger partial charge is 0.492 e. The van der Waals surface area contributed by atoms with Gasteiger partial charge in [0, 0.05) is 44.8 Å². The summed E-state index contributed by atoms with van der Waals surface area (Å²) in [7, 11) is 0. The Morgan fingerprint density at radius 2 is 1.59 bits per heavy atom. The molecule has 1 heterocycles. The van der Waals surface area contributed by atoms with E-state index in [1.165, 1.54) is 17.7 Å². The van der Waals surface area contributed by atoms with Gasteiger partial charge in [-0.1, -0.05) is 12.1 Å². The van der Waals surface area contributed by atoms with Crippen molar-refractivity contribution in [2.24, 2.45) is 0 Å². The maximum Gasteiger partial charge on any atom is 0.416 e. The number of halogens is 3. The van der Waals surface area contributed by atoms with E-state index in [-0.39, 0.29) is 6.42 Å². The second-order valence-corrected chi connectivity index (χ2v) is 7.97. The molecule has 0 atom stereocenters. The third-order valence-electron chi connectivity index (χ3n) is 5.64. The normalized spacial score (nSPS) is 15.0. The van der Waals surface area contributed by atoms with Gasteiger partial charge in [0.2, 0.25) is 0 Å². The number of benzene rings is 2. The molecule has 1 saturated heterocycles. The van der Waals surface area contributed by atoms with Crippen LogP contribution in [0, 0.1) is 0 Å². The number of ether oxygens (including phenoxy) is 1. The van der Waals surface area contributed by atoms with E-state index < -0.39 is 17.7 Å². The molecular formula is C24H29F3N2O3. The van der Waals surface area contributed by atoms with Crippen LogP contribution in [0.25, 0.3) is 0 Å². The van der Waals surface area contributed by atoms with Gasteiger partial charge in [0.25, 0.3) is 0 Å². The van der Waals surface area contributed by atoms with Crippen LogP contribution in [-0.2, 0) is 17.4 Å². The van der Waals surface area contributed by atoms with Crippen LogP contribution in [0.5, 0.6) is 5.75 Å². The van der Waals surface area contributed by atoms with E-state index in [1.54, 1.807) is 0 Å². The number of nitrogens with zero attached hydrogens (tertiary/aromatic N) is 2. The van der Waals surface area contributed by atoms with E-state index in [4.69, 9.17) is 9.84 Å². The zero-order valence-corrected chi connectivity index (χ0v) is 18.0. The Balaban J connectivity index is 1.34. The summed E-state index contributed by atoms with van der Waals surface area (Å²) in [6, 6.07) is 13.3. The first-order valence-corrected chi connectivity index (χ1v) is 10.9. The Hall–Kier alpha value is -2.74. The number of hydrogen-bond donors (Lipinski definition) is 1. The summed E-state index contributed by atoms with van der Waals surface area (Å²) in [6.45, 7) is 4.55. The molecule has 0 radical (unpaired) electrons. The highest BCUT2D eigenvalue weighted by atomic mass is 19.4. The lowest BCUT2D eigenvalue weighted by Gasteiger charge is -2.36. The maximum absolute atomic E-state index is 12.7. The Bertz CT molecular complexity index is 846. The summed E-state index contributed by atoms with van der Waals surface area (Å²) in [6.07, 6.45) is -1.71. The van der Waals surface area contributed by atoms with E-state index >= 15 is 0 Å². The summed E-state index contributed by atoms with van der Waals surface area (Å²) < 4.78 is 44.0. The minimum Gasteiger partial charge on any atom is -0.492 e. The highest BCUT2D eigenvalue weighted by molar-refractivity contribution is 5.66. The number of unbranched alkanes of at least 4 members (excludes halogenated alkanes) is 1. The zero-order valence-electron chi connectivity index (χ0n) is 18.0. The van der Waals surface area contributed by atoms with Gasteiger partial charge in [-0.15, -0.1) is 0 Å². The lowest BCUT2D eigenvalue weighted by Crippen LogP contribution is -2.47. The molecule has 1 aliphatic heterocycles. The van der Waals surface area contributed by atoms with Gasteiger partial charge in [0.15, 0.2) is 0 Å². The molecule has 2 aromatic carbocycles. The van der Waals surface area contributed by atoms with Crippen LogP contribution in [0.3, 0.4) is 0 Å². The lowest BCUT2D eigenvalue weighted by atomic mass is 10.1. The van der Waals surface area contributed by atoms with E-state index in [0.717, 1.165) is 69.1 Å². The number of rotatable bonds is 10. The Morgan fingerprint density at radius 1 is 0.938 bits per heavy atom. The minimum atomic E-state index is -4.31. The summed E-state index contributed by atoms with van der Waals surface area (Å²) in [4.78, 5) is 14.9. The topological polar surface area (TPSA) is 53.0 Å². The number of carboxylic acid groups (broad SMARTS) is 1. The number of hydrogen-bond acceptors (Lipinski definition) is 4. The number of alkyl halides is 3. The fraction of sp³-hybridized carbons (Fsp3) is 0.458. The third-order valence-corrected chi connectivity index (χ3v) is 5.64. The third kappa shape index (κ3) is 7.44. The van der Waals surface area contributed by atoms with Gasteiger partial charge in [-0.25, -0.2) is 0 Å². The Kier molecular flexibility index (Phi) is 8.39. The molecule has 1 N–H and O–H groups in total. The average Bonchev–Trinajstić information content (AvgIpc) is 2.78. The molecule has 0 saturated carbocycles. The number of piperazine rings is 1. The first-order valence-electron chi connectivity index (χ1n) is 10.9. The summed E-state index contributed by atoms with van der Waals surface area (Å²) in [5.74, 6) is 0.0532. The molecule has 2 aromatic rings. The molecule has 0 unspecified atom stereocenters. The second-order valence-electron chi connectivity index (χ2n) is 7.97. The predicted octanol–water partition coefficient (Wildman–Crippen LogP) is 4.70. The summed E-state index contributed by atoms with van der Waals surface area (Å²) in [5.41, 5.74) is 1.36. The quantitative estimate of drug-likeness (QED) is 0.532. The number of carboxylic acids is 1. The van der Waals surface area contributed by atoms with Crippen molar-refractivity contribution in [2.75, 3.05) is 44.2 Å². The molecular weight excluding hydrogens is 421 g/mol. The monoisotopic (exact) mass is 450 g/mol. The zero-order chi connectivity index (χ0) is 23.0. The van der Waals surface area contributed by atoms with Crippen molar-refractivity contribution in [1.29, 1.82) is 0 Å². The van der Waals surface area contributed by atoms with Crippen molar-refractivity contribution in [3.8, 4) is 5.75 Å². The van der Waals surface area contributed by atoms with Gasteiger partial charge < -0.3 is 14.7 Å². The number of aliphatic carboxylic acids is 1. The highest BCUT2D eigenvalue weighted by Crippen LogP contribution is 2.30. The van der Waals surface area contributed by atoms with Crippen LogP contribution < -0.4 is 9.64 Å². The van der Waals surface area contributed by atoms with Gasteiger partial charge in [0.05, 0.1) is 5.56 Å². The number of anilines is 1. The van der Waals surface area contributed by atoms with E-state index in [0.29, 0.717) is 13.0 Å². The number of carbonyl (C=O) groups is 1. The standard InChI is InChI=1S/C24H29F3N2O3/c25-24(26,27)20-7-9-21(10-8-20)29-15-13-28(14-16-29)17-18-32-22-11-5-19(6-12-22)3-1-2-4-23(30)31/h5-12H,1-4,13-18H2,(H,30,31). The molecule has 0 bridgehead atoms. The second kappa shape index (κ2) is 11.2. The fourth-order valence-electron chi connectivity index (χ4n) is 3.74. The molecule has 0 aliphatic carbocycles. The molecule has 5 nitrogen and oxygen atoms in total. The molecule has 1 aliphatic rings. The van der Waals surface area contributed by atoms with E-state index in [1.807, 2.05) is 24.3 Å². The van der Waals surface area contributed by atoms with Crippen LogP contribution in [0.4, 0.5) is 18.9 Å². The van der Waals surface area contributed by atoms with Crippen molar-refractivity contribution in [2.45, 2.75) is 31.9 Å². The van der Waals surface area contributed by atoms with Gasteiger partial charge in [-0.2, -0.15) is 13.2 Å². The van der Waals surface area contributed by atoms with Crippen LogP contribution in [0.1, 0.15) is 30.4 Å². The summed E-state index contributed by atoms with van der Waals surface area (Å²) >= 11 is 0. The number of aryl methyl sites for hydroxylation is 1. The van der Waals surface area contributed by atoms with Crippen molar-refractivity contribution in [1.82, 2.24) is 4.90 Å². The molecule has 0 spiro atoms. The Labute approximate surface area is 186 Å². The molecule has 0 amide bonds. The van der Waals surface area contributed by atoms with Gasteiger partial charge in [0.1, 0.15) is 12.4 Å². The molecule has 174 valence electrons. The summed E-state index contributed by atoms with van der Waals surface area (Å²) in [5, 5.41) is 8.67. The average molecular weight is 451 g/mol. The highest BCUT2D eigenvalue weighted by Gasteiger charge is 2.30. The van der Waals surface area contributed by atoms with E-state index in [2.05, 4.69) is 9.80 Å².